The Morgan fingerprint density at radius 3 is 2.16 bits per heavy atom. The Bertz CT molecular complexity index is 1480. The highest BCUT2D eigenvalue weighted by molar-refractivity contribution is 6.17. The van der Waals surface area contributed by atoms with Gasteiger partial charge in [0.15, 0.2) is 0 Å². The van der Waals surface area contributed by atoms with Crippen LogP contribution in [0.2, 0.25) is 0 Å². The molecular formula is C33H38ClN5O5. The highest BCUT2D eigenvalue weighted by atomic mass is 35.5. The molecule has 232 valence electrons. The average molecular weight is 620 g/mol. The number of ether oxygens (including phenoxy) is 1. The maximum atomic E-state index is 13.1. The first-order valence-corrected chi connectivity index (χ1v) is 15.0. The number of amides is 4. The molecule has 1 unspecified atom stereocenters. The van der Waals surface area contributed by atoms with Crippen LogP contribution in [0.15, 0.2) is 66.7 Å². The summed E-state index contributed by atoms with van der Waals surface area (Å²) < 4.78 is 5.77. The van der Waals surface area contributed by atoms with Crippen LogP contribution in [-0.4, -0.2) is 61.5 Å². The summed E-state index contributed by atoms with van der Waals surface area (Å²) in [5, 5.41) is 7.86. The molecule has 11 heteroatoms. The Balaban J connectivity index is 1.35. The second kappa shape index (κ2) is 14.9. The number of nitrogens with two attached hydrogens (primary N) is 1. The average Bonchev–Trinajstić information content (AvgIpc) is 3.34. The molecule has 0 saturated carbocycles. The molecule has 0 bridgehead atoms. The molecule has 0 spiro atoms. The third kappa shape index (κ3) is 7.75. The van der Waals surface area contributed by atoms with Gasteiger partial charge in [0.2, 0.25) is 17.7 Å². The first-order valence-electron chi connectivity index (χ1n) is 14.4. The summed E-state index contributed by atoms with van der Waals surface area (Å²) in [6.07, 6.45) is -0.481. The van der Waals surface area contributed by atoms with Gasteiger partial charge in [-0.1, -0.05) is 68.4 Å². The molecular weight excluding hydrogens is 582 g/mol. The van der Waals surface area contributed by atoms with Crippen molar-refractivity contribution in [2.45, 2.75) is 38.2 Å². The Morgan fingerprint density at radius 2 is 1.57 bits per heavy atom. The summed E-state index contributed by atoms with van der Waals surface area (Å²) in [7, 11) is 1.65. The van der Waals surface area contributed by atoms with E-state index in [0.717, 1.165) is 33.4 Å². The van der Waals surface area contributed by atoms with E-state index < -0.39 is 29.9 Å². The lowest BCUT2D eigenvalue weighted by atomic mass is 9.98. The molecule has 1 atom stereocenters. The summed E-state index contributed by atoms with van der Waals surface area (Å²) in [5.74, 6) is -1.44. The van der Waals surface area contributed by atoms with E-state index in [0.29, 0.717) is 5.69 Å². The van der Waals surface area contributed by atoms with Crippen LogP contribution in [0, 0.1) is 5.92 Å². The highest BCUT2D eigenvalue weighted by Gasteiger charge is 2.29. The van der Waals surface area contributed by atoms with Crippen molar-refractivity contribution >= 4 is 41.1 Å². The Kier molecular flexibility index (Phi) is 11.0. The normalized spacial score (nSPS) is 12.6. The maximum Gasteiger partial charge on any atom is 0.409 e. The molecule has 10 nitrogen and oxygen atoms in total. The largest absolute Gasteiger partial charge is 0.448 e. The van der Waals surface area contributed by atoms with Gasteiger partial charge in [-0.3, -0.25) is 14.4 Å². The molecule has 0 saturated heterocycles. The third-order valence-electron chi connectivity index (χ3n) is 7.56. The van der Waals surface area contributed by atoms with Crippen molar-refractivity contribution in [3.05, 3.63) is 89.0 Å². The van der Waals surface area contributed by atoms with E-state index in [9.17, 15) is 19.2 Å². The van der Waals surface area contributed by atoms with E-state index in [1.807, 2.05) is 24.3 Å². The number of halogens is 1. The molecule has 0 aromatic heterocycles. The van der Waals surface area contributed by atoms with Crippen LogP contribution in [0.4, 0.5) is 10.5 Å². The second-order valence-electron chi connectivity index (χ2n) is 11.0. The first-order chi connectivity index (χ1) is 21.1. The number of nitrogens with zero attached hydrogens (tertiary/aromatic N) is 1. The van der Waals surface area contributed by atoms with E-state index in [2.05, 4.69) is 40.2 Å². The van der Waals surface area contributed by atoms with Crippen LogP contribution in [0.5, 0.6) is 0 Å². The van der Waals surface area contributed by atoms with Crippen molar-refractivity contribution in [3.8, 4) is 11.1 Å². The molecule has 0 fully saturated rings. The second-order valence-corrected chi connectivity index (χ2v) is 11.3. The molecule has 0 aliphatic heterocycles. The zero-order valence-electron chi connectivity index (χ0n) is 25.1. The highest BCUT2D eigenvalue weighted by Crippen LogP contribution is 2.44. The van der Waals surface area contributed by atoms with Gasteiger partial charge in [-0.05, 0) is 51.4 Å². The molecule has 1 aliphatic carbocycles. The number of nitrogens with one attached hydrogen (secondary N) is 3. The van der Waals surface area contributed by atoms with Crippen molar-refractivity contribution < 1.29 is 23.9 Å². The molecule has 1 aliphatic rings. The first kappa shape index (κ1) is 32.5. The fourth-order valence-corrected chi connectivity index (χ4v) is 5.52. The number of fused-ring (bicyclic) bond motifs is 3. The van der Waals surface area contributed by atoms with Crippen LogP contribution in [0.3, 0.4) is 0 Å². The van der Waals surface area contributed by atoms with E-state index in [1.54, 1.807) is 39.1 Å². The van der Waals surface area contributed by atoms with Gasteiger partial charge in [-0.25, -0.2) is 4.79 Å². The van der Waals surface area contributed by atoms with Crippen LogP contribution < -0.4 is 21.7 Å². The quantitative estimate of drug-likeness (QED) is 0.226. The number of carbonyl (C=O) groups excluding carboxylic acids is 4. The summed E-state index contributed by atoms with van der Waals surface area (Å²) in [6.45, 7) is 3.42. The number of hydrogen-bond donors (Lipinski definition) is 4. The van der Waals surface area contributed by atoms with Crippen molar-refractivity contribution in [1.29, 1.82) is 0 Å². The summed E-state index contributed by atoms with van der Waals surface area (Å²) in [6, 6.07) is 20.7. The fourth-order valence-electron chi connectivity index (χ4n) is 5.26. The predicted octanol–water partition coefficient (Wildman–Crippen LogP) is 3.96. The van der Waals surface area contributed by atoms with Crippen molar-refractivity contribution in [1.82, 2.24) is 15.5 Å². The SMILES string of the molecule is CC(C)C(NC(=O)CN)C(=O)NCC(=O)Nc1ccc(CCl)c(CN(C)C(=O)OCC2c3ccccc3-c3ccccc32)c1. The van der Waals surface area contributed by atoms with E-state index in [1.165, 1.54) is 4.90 Å². The van der Waals surface area contributed by atoms with Gasteiger partial charge in [0, 0.05) is 31.1 Å². The molecule has 3 aromatic rings. The van der Waals surface area contributed by atoms with Crippen molar-refractivity contribution in [2.75, 3.05) is 32.1 Å². The minimum atomic E-state index is -0.818. The lowest BCUT2D eigenvalue weighted by Crippen LogP contribution is -2.52. The molecule has 0 radical (unpaired) electrons. The molecule has 3 aromatic carbocycles. The smallest absolute Gasteiger partial charge is 0.409 e. The zero-order valence-corrected chi connectivity index (χ0v) is 25.8. The van der Waals surface area contributed by atoms with Gasteiger partial charge in [-0.15, -0.1) is 11.6 Å². The van der Waals surface area contributed by atoms with E-state index in [-0.39, 0.29) is 44.0 Å². The Labute approximate surface area is 262 Å². The van der Waals surface area contributed by atoms with E-state index in [4.69, 9.17) is 22.1 Å². The van der Waals surface area contributed by atoms with Gasteiger partial charge >= 0.3 is 6.09 Å². The Hall–Kier alpha value is -4.41. The number of benzene rings is 3. The van der Waals surface area contributed by atoms with Crippen LogP contribution in [0.25, 0.3) is 11.1 Å². The fraction of sp³-hybridized carbons (Fsp3) is 0.333. The predicted molar refractivity (Wildman–Crippen MR) is 170 cm³/mol. The Morgan fingerprint density at radius 1 is 0.932 bits per heavy atom. The number of hydrogen-bond acceptors (Lipinski definition) is 6. The standard InChI is InChI=1S/C33H38ClN5O5/c1-20(2)31(38-29(40)16-35)32(42)36-17-30(41)37-23-13-12-21(15-34)22(14-23)18-39(3)33(43)44-19-28-26-10-6-4-8-24(26)25-9-5-7-11-27(25)28/h4-14,20,28,31H,15-19,35H2,1-3H3,(H,36,42)(H,37,41)(H,38,40). The lowest BCUT2D eigenvalue weighted by Gasteiger charge is -2.22. The maximum absolute atomic E-state index is 13.1. The monoisotopic (exact) mass is 619 g/mol. The molecule has 4 rings (SSSR count). The van der Waals surface area contributed by atoms with Gasteiger partial charge in [0.05, 0.1) is 13.1 Å². The van der Waals surface area contributed by atoms with Crippen LogP contribution in [0.1, 0.15) is 42.0 Å². The van der Waals surface area contributed by atoms with Crippen LogP contribution >= 0.6 is 11.6 Å². The number of carbonyl (C=O) groups is 4. The van der Waals surface area contributed by atoms with Gasteiger partial charge < -0.3 is 31.3 Å². The van der Waals surface area contributed by atoms with Gasteiger partial charge in [0.25, 0.3) is 0 Å². The molecule has 44 heavy (non-hydrogen) atoms. The minimum absolute atomic E-state index is 0.0510. The topological polar surface area (TPSA) is 143 Å². The molecule has 5 N–H and O–H groups in total. The summed E-state index contributed by atoms with van der Waals surface area (Å²) >= 11 is 6.18. The van der Waals surface area contributed by atoms with Crippen molar-refractivity contribution in [3.63, 3.8) is 0 Å². The van der Waals surface area contributed by atoms with E-state index >= 15 is 0 Å². The van der Waals surface area contributed by atoms with Crippen molar-refractivity contribution in [2.24, 2.45) is 11.7 Å². The van der Waals surface area contributed by atoms with Crippen LogP contribution in [-0.2, 0) is 31.5 Å². The number of anilines is 1. The molecule has 4 amide bonds. The zero-order chi connectivity index (χ0) is 31.8. The van der Waals surface area contributed by atoms with Gasteiger partial charge in [0.1, 0.15) is 12.6 Å². The van der Waals surface area contributed by atoms with Gasteiger partial charge in [-0.2, -0.15) is 0 Å². The third-order valence-corrected chi connectivity index (χ3v) is 7.85. The minimum Gasteiger partial charge on any atom is -0.448 e. The number of alkyl halides is 1. The molecule has 0 heterocycles. The summed E-state index contributed by atoms with van der Waals surface area (Å²) in [5.41, 5.74) is 11.9. The summed E-state index contributed by atoms with van der Waals surface area (Å²) in [4.78, 5) is 51.4. The number of rotatable bonds is 12. The lowest BCUT2D eigenvalue weighted by molar-refractivity contribution is -0.130.